The second kappa shape index (κ2) is 9.23. The van der Waals surface area contributed by atoms with E-state index in [9.17, 15) is 14.9 Å². The Morgan fingerprint density at radius 3 is 2.52 bits per heavy atom. The lowest BCUT2D eigenvalue weighted by molar-refractivity contribution is -0.133. The zero-order chi connectivity index (χ0) is 22.7. The van der Waals surface area contributed by atoms with Crippen molar-refractivity contribution in [2.24, 2.45) is 0 Å². The monoisotopic (exact) mass is 423 g/mol. The summed E-state index contributed by atoms with van der Waals surface area (Å²) >= 11 is 0. The Kier molecular flexibility index (Phi) is 6.66. The molecule has 0 aliphatic carbocycles. The van der Waals surface area contributed by atoms with E-state index in [2.05, 4.69) is 11.4 Å². The summed E-state index contributed by atoms with van der Waals surface area (Å²) in [6.45, 7) is 4.58. The Morgan fingerprint density at radius 1 is 1.26 bits per heavy atom. The molecule has 1 atom stereocenters. The van der Waals surface area contributed by atoms with Crippen LogP contribution in [0.25, 0.3) is 5.69 Å². The molecule has 1 N–H and O–H groups in total. The van der Waals surface area contributed by atoms with Gasteiger partial charge in [-0.15, -0.1) is 0 Å². The summed E-state index contributed by atoms with van der Waals surface area (Å²) in [5, 5.41) is 12.7. The predicted molar refractivity (Wildman–Crippen MR) is 118 cm³/mol. The fraction of sp³-hybridized carbons (Fsp3) is 0.435. The van der Waals surface area contributed by atoms with Crippen LogP contribution in [0.2, 0.25) is 0 Å². The van der Waals surface area contributed by atoms with Crippen molar-refractivity contribution in [2.75, 3.05) is 39.6 Å². The molecule has 2 aromatic rings. The summed E-state index contributed by atoms with van der Waals surface area (Å²) in [5.41, 5.74) is 2.94. The molecule has 8 nitrogen and oxygen atoms in total. The number of carbonyl (C=O) groups excluding carboxylic acids is 2. The first-order valence-corrected chi connectivity index (χ1v) is 10.3. The molecule has 0 saturated carbocycles. The Morgan fingerprint density at radius 2 is 1.94 bits per heavy atom. The smallest absolute Gasteiger partial charge is 0.239 e. The second-order valence-electron chi connectivity index (χ2n) is 7.99. The van der Waals surface area contributed by atoms with Crippen LogP contribution >= 0.6 is 0 Å². The van der Waals surface area contributed by atoms with Crippen LogP contribution in [0.15, 0.2) is 24.3 Å². The van der Waals surface area contributed by atoms with E-state index in [4.69, 9.17) is 4.74 Å². The molecule has 1 saturated heterocycles. The largest absolute Gasteiger partial charge is 0.497 e. The van der Waals surface area contributed by atoms with Crippen molar-refractivity contribution in [3.8, 4) is 17.5 Å². The zero-order valence-electron chi connectivity index (χ0n) is 18.7. The fourth-order valence-corrected chi connectivity index (χ4v) is 4.06. The first-order valence-electron chi connectivity index (χ1n) is 10.3. The maximum Gasteiger partial charge on any atom is 0.239 e. The lowest BCUT2D eigenvalue weighted by Gasteiger charge is -2.25. The molecule has 2 amide bonds. The van der Waals surface area contributed by atoms with Crippen LogP contribution < -0.4 is 10.1 Å². The van der Waals surface area contributed by atoms with Gasteiger partial charge in [0, 0.05) is 25.5 Å². The first kappa shape index (κ1) is 22.4. The third kappa shape index (κ3) is 4.42. The molecule has 1 aliphatic rings. The molecular weight excluding hydrogens is 394 g/mol. The van der Waals surface area contributed by atoms with Crippen molar-refractivity contribution >= 4 is 17.6 Å². The number of carbonyl (C=O) groups is 2. The number of likely N-dealkylation sites (N-methyl/N-ethyl adjacent to an activating group) is 1. The number of nitrogens with zero attached hydrogens (tertiary/aromatic N) is 4. The van der Waals surface area contributed by atoms with Gasteiger partial charge >= 0.3 is 0 Å². The van der Waals surface area contributed by atoms with Gasteiger partial charge in [0.15, 0.2) is 0 Å². The van der Waals surface area contributed by atoms with Gasteiger partial charge in [0.1, 0.15) is 17.6 Å². The Balaban J connectivity index is 1.88. The van der Waals surface area contributed by atoms with Gasteiger partial charge in [-0.2, -0.15) is 5.26 Å². The molecule has 31 heavy (non-hydrogen) atoms. The summed E-state index contributed by atoms with van der Waals surface area (Å²) in [6, 6.07) is 9.38. The van der Waals surface area contributed by atoms with Gasteiger partial charge in [0.25, 0.3) is 0 Å². The zero-order valence-corrected chi connectivity index (χ0v) is 18.7. The summed E-state index contributed by atoms with van der Waals surface area (Å²) < 4.78 is 7.11. The molecule has 0 bridgehead atoms. The number of benzene rings is 1. The minimum atomic E-state index is -0.284. The molecule has 1 unspecified atom stereocenters. The van der Waals surface area contributed by atoms with Crippen molar-refractivity contribution in [1.82, 2.24) is 14.4 Å². The number of nitrogens with one attached hydrogen (secondary N) is 1. The molecule has 1 aromatic carbocycles. The molecule has 0 spiro atoms. The standard InChI is InChI=1S/C23H29N5O3/c1-15-16(2)28(17-8-10-18(31-5)11-9-17)22(19(15)13-24)25-21(29)14-27-12-6-7-20(27)23(30)26(3)4/h8-11,20H,6-7,12,14H2,1-5H3,(H,25,29). The van der Waals surface area contributed by atoms with Gasteiger partial charge in [-0.1, -0.05) is 0 Å². The average Bonchev–Trinajstić information content (AvgIpc) is 3.30. The maximum atomic E-state index is 13.0. The highest BCUT2D eigenvalue weighted by Crippen LogP contribution is 2.31. The molecule has 164 valence electrons. The number of aromatic nitrogens is 1. The van der Waals surface area contributed by atoms with Crippen molar-refractivity contribution in [2.45, 2.75) is 32.7 Å². The number of hydrogen-bond donors (Lipinski definition) is 1. The van der Waals surface area contributed by atoms with Gasteiger partial charge in [0.2, 0.25) is 11.8 Å². The van der Waals surface area contributed by atoms with Crippen molar-refractivity contribution in [3.63, 3.8) is 0 Å². The Hall–Kier alpha value is -3.31. The van der Waals surface area contributed by atoms with Gasteiger partial charge in [-0.3, -0.25) is 19.1 Å². The summed E-state index contributed by atoms with van der Waals surface area (Å²) in [4.78, 5) is 28.9. The van der Waals surface area contributed by atoms with Crippen LogP contribution in [-0.2, 0) is 9.59 Å². The minimum absolute atomic E-state index is 0.0105. The maximum absolute atomic E-state index is 13.0. The minimum Gasteiger partial charge on any atom is -0.497 e. The summed E-state index contributed by atoms with van der Waals surface area (Å²) in [6.07, 6.45) is 1.62. The van der Waals surface area contributed by atoms with Crippen LogP contribution in [0.1, 0.15) is 29.7 Å². The Labute approximate surface area is 183 Å². The number of amides is 2. The molecule has 1 aromatic heterocycles. The summed E-state index contributed by atoms with van der Waals surface area (Å²) in [7, 11) is 5.06. The molecule has 2 heterocycles. The van der Waals surface area contributed by atoms with Crippen molar-refractivity contribution < 1.29 is 14.3 Å². The van der Waals surface area contributed by atoms with E-state index in [1.807, 2.05) is 47.6 Å². The number of nitriles is 1. The van der Waals surface area contributed by atoms with Gasteiger partial charge < -0.3 is 15.0 Å². The van der Waals surface area contributed by atoms with Crippen molar-refractivity contribution in [3.05, 3.63) is 41.1 Å². The third-order valence-corrected chi connectivity index (χ3v) is 5.85. The van der Waals surface area contributed by atoms with Crippen LogP contribution in [0, 0.1) is 25.2 Å². The van der Waals surface area contributed by atoms with Crippen LogP contribution in [0.3, 0.4) is 0 Å². The number of rotatable bonds is 6. The van der Waals surface area contributed by atoms with Gasteiger partial charge in [0.05, 0.1) is 25.3 Å². The Bertz CT molecular complexity index is 1020. The molecule has 1 aliphatic heterocycles. The third-order valence-electron chi connectivity index (χ3n) is 5.85. The second-order valence-corrected chi connectivity index (χ2v) is 7.99. The van der Waals surface area contributed by atoms with E-state index in [-0.39, 0.29) is 24.4 Å². The quantitative estimate of drug-likeness (QED) is 0.771. The average molecular weight is 424 g/mol. The molecule has 3 rings (SSSR count). The number of likely N-dealkylation sites (tertiary alicyclic amines) is 1. The highest BCUT2D eigenvalue weighted by molar-refractivity contribution is 5.94. The van der Waals surface area contributed by atoms with Gasteiger partial charge in [-0.05, 0) is 63.1 Å². The van der Waals surface area contributed by atoms with E-state index in [0.717, 1.165) is 35.5 Å². The highest BCUT2D eigenvalue weighted by atomic mass is 16.5. The van der Waals surface area contributed by atoms with E-state index >= 15 is 0 Å². The fourth-order valence-electron chi connectivity index (χ4n) is 4.06. The highest BCUT2D eigenvalue weighted by Gasteiger charge is 2.33. The number of methoxy groups -OCH3 is 1. The van der Waals surface area contributed by atoms with Crippen LogP contribution in [0.4, 0.5) is 5.82 Å². The normalized spacial score (nSPS) is 16.1. The topological polar surface area (TPSA) is 90.6 Å². The molecule has 8 heteroatoms. The van der Waals surface area contributed by atoms with Crippen LogP contribution in [-0.4, -0.2) is 66.5 Å². The lowest BCUT2D eigenvalue weighted by atomic mass is 10.2. The van der Waals surface area contributed by atoms with Gasteiger partial charge in [-0.25, -0.2) is 0 Å². The van der Waals surface area contributed by atoms with Crippen molar-refractivity contribution in [1.29, 1.82) is 5.26 Å². The molecular formula is C23H29N5O3. The first-order chi connectivity index (χ1) is 14.8. The number of hydrogen-bond acceptors (Lipinski definition) is 5. The number of ether oxygens (including phenoxy) is 1. The predicted octanol–water partition coefficient (Wildman–Crippen LogP) is 2.47. The lowest BCUT2D eigenvalue weighted by Crippen LogP contribution is -2.45. The molecule has 0 radical (unpaired) electrons. The van der Waals surface area contributed by atoms with Crippen LogP contribution in [0.5, 0.6) is 5.75 Å². The van der Waals surface area contributed by atoms with E-state index < -0.39 is 0 Å². The molecule has 1 fully saturated rings. The van der Waals surface area contributed by atoms with E-state index in [0.29, 0.717) is 17.9 Å². The van der Waals surface area contributed by atoms with E-state index in [1.165, 1.54) is 0 Å². The summed E-state index contributed by atoms with van der Waals surface area (Å²) in [5.74, 6) is 0.933. The number of anilines is 1. The van der Waals surface area contributed by atoms with E-state index in [1.54, 1.807) is 26.1 Å². The SMILES string of the molecule is COc1ccc(-n2c(C)c(C)c(C#N)c2NC(=O)CN2CCCC2C(=O)N(C)C)cc1.